The van der Waals surface area contributed by atoms with Crippen LogP contribution in [0.4, 0.5) is 17.1 Å². The van der Waals surface area contributed by atoms with Gasteiger partial charge in [-0.2, -0.15) is 5.43 Å². The highest BCUT2D eigenvalue weighted by molar-refractivity contribution is 5.80. The lowest BCUT2D eigenvalue weighted by Gasteiger charge is -2.12. The monoisotopic (exact) mass is 314 g/mol. The van der Waals surface area contributed by atoms with E-state index in [-0.39, 0.29) is 12.4 Å². The van der Waals surface area contributed by atoms with Gasteiger partial charge in [0.1, 0.15) is 0 Å². The predicted octanol–water partition coefficient (Wildman–Crippen LogP) is -0.345. The van der Waals surface area contributed by atoms with Crippen LogP contribution in [0.25, 0.3) is 10.9 Å². The van der Waals surface area contributed by atoms with E-state index in [0.717, 1.165) is 16.9 Å². The molecule has 5 heteroatoms. The minimum Gasteiger partial charge on any atom is -1.00 e. The van der Waals surface area contributed by atoms with Crippen LogP contribution in [0.3, 0.4) is 0 Å². The van der Waals surface area contributed by atoms with Crippen molar-refractivity contribution < 1.29 is 17.1 Å². The van der Waals surface area contributed by atoms with Gasteiger partial charge in [-0.15, -0.1) is 0 Å². The summed E-state index contributed by atoms with van der Waals surface area (Å²) in [6, 6.07) is 18.3. The van der Waals surface area contributed by atoms with E-state index in [2.05, 4.69) is 34.6 Å². The van der Waals surface area contributed by atoms with Crippen LogP contribution in [-0.2, 0) is 0 Å². The van der Waals surface area contributed by atoms with Crippen LogP contribution in [0.5, 0.6) is 0 Å². The Morgan fingerprint density at radius 1 is 1.00 bits per heavy atom. The minimum absolute atomic E-state index is 0. The zero-order valence-corrected chi connectivity index (χ0v) is 13.4. The van der Waals surface area contributed by atoms with Crippen molar-refractivity contribution in [2.75, 3.05) is 30.2 Å². The molecule has 1 aromatic heterocycles. The third-order valence-corrected chi connectivity index (χ3v) is 3.46. The Morgan fingerprint density at radius 2 is 1.73 bits per heavy atom. The lowest BCUT2D eigenvalue weighted by atomic mass is 10.2. The van der Waals surface area contributed by atoms with Crippen LogP contribution in [-0.4, -0.2) is 14.1 Å². The fourth-order valence-electron chi connectivity index (χ4n) is 2.28. The average molecular weight is 315 g/mol. The van der Waals surface area contributed by atoms with Crippen LogP contribution in [0.2, 0.25) is 0 Å². The van der Waals surface area contributed by atoms with E-state index in [9.17, 15) is 0 Å². The second kappa shape index (κ2) is 6.54. The van der Waals surface area contributed by atoms with Crippen molar-refractivity contribution in [2.45, 2.75) is 0 Å². The van der Waals surface area contributed by atoms with Gasteiger partial charge in [0, 0.05) is 37.6 Å². The van der Waals surface area contributed by atoms with E-state index in [1.165, 1.54) is 11.1 Å². The van der Waals surface area contributed by atoms with Gasteiger partial charge in [-0.3, -0.25) is 0 Å². The normalized spacial score (nSPS) is 10.1. The molecule has 3 N–H and O–H groups in total. The van der Waals surface area contributed by atoms with E-state index in [1.807, 2.05) is 55.3 Å². The van der Waals surface area contributed by atoms with Crippen LogP contribution in [0.1, 0.15) is 0 Å². The first kappa shape index (κ1) is 15.9. The van der Waals surface area contributed by atoms with Crippen LogP contribution in [0.15, 0.2) is 60.8 Å². The number of hydrogen-bond donors (Lipinski definition) is 2. The van der Waals surface area contributed by atoms with Crippen molar-refractivity contribution in [3.63, 3.8) is 0 Å². The Bertz CT molecular complexity index is 769. The molecule has 0 radical (unpaired) electrons. The number of nitrogen functional groups attached to an aromatic ring is 1. The number of halogens is 1. The van der Waals surface area contributed by atoms with Crippen LogP contribution >= 0.6 is 0 Å². The Balaban J connectivity index is 0.00000176. The first-order chi connectivity index (χ1) is 10.1. The molecule has 1 heterocycles. The molecule has 22 heavy (non-hydrogen) atoms. The summed E-state index contributed by atoms with van der Waals surface area (Å²) < 4.78 is 2.01. The summed E-state index contributed by atoms with van der Waals surface area (Å²) in [5.74, 6) is 0. The molecule has 0 saturated carbocycles. The summed E-state index contributed by atoms with van der Waals surface area (Å²) >= 11 is 0. The number of benzene rings is 2. The van der Waals surface area contributed by atoms with Crippen molar-refractivity contribution in [1.82, 2.24) is 0 Å². The summed E-state index contributed by atoms with van der Waals surface area (Å²) in [4.78, 5) is 2.10. The summed E-state index contributed by atoms with van der Waals surface area (Å²) in [6.45, 7) is 0. The Labute approximate surface area is 136 Å². The largest absolute Gasteiger partial charge is 1.00 e. The van der Waals surface area contributed by atoms with Crippen molar-refractivity contribution in [3.8, 4) is 0 Å². The van der Waals surface area contributed by atoms with Gasteiger partial charge >= 0.3 is 0 Å². The molecule has 0 aliphatic heterocycles. The fourth-order valence-corrected chi connectivity index (χ4v) is 2.28. The molecular weight excluding hydrogens is 296 g/mol. The lowest BCUT2D eigenvalue weighted by molar-refractivity contribution is -0.615. The summed E-state index contributed by atoms with van der Waals surface area (Å²) in [5, 5.41) is 1.19. The highest BCUT2D eigenvalue weighted by Gasteiger charge is 2.10. The third-order valence-electron chi connectivity index (χ3n) is 3.46. The van der Waals surface area contributed by atoms with Crippen molar-refractivity contribution in [2.24, 2.45) is 0 Å². The number of aromatic nitrogens is 1. The zero-order chi connectivity index (χ0) is 14.8. The molecule has 0 unspecified atom stereocenters. The van der Waals surface area contributed by atoms with Crippen LogP contribution < -0.4 is 33.1 Å². The van der Waals surface area contributed by atoms with Gasteiger partial charge in [-0.1, -0.05) is 4.68 Å². The maximum atomic E-state index is 5.72. The zero-order valence-electron chi connectivity index (χ0n) is 12.6. The van der Waals surface area contributed by atoms with Gasteiger partial charge < -0.3 is 23.0 Å². The first-order valence-corrected chi connectivity index (χ1v) is 6.88. The van der Waals surface area contributed by atoms with Gasteiger partial charge in [0.2, 0.25) is 11.7 Å². The molecule has 0 aliphatic rings. The van der Waals surface area contributed by atoms with Gasteiger partial charge in [0.05, 0.1) is 11.1 Å². The maximum Gasteiger partial charge on any atom is 0.242 e. The molecule has 0 atom stereocenters. The molecule has 0 spiro atoms. The molecule has 3 aromatic rings. The molecule has 2 aromatic carbocycles. The van der Waals surface area contributed by atoms with Crippen molar-refractivity contribution in [1.29, 1.82) is 0 Å². The number of rotatable bonds is 3. The molecule has 0 amide bonds. The molecule has 0 saturated heterocycles. The summed E-state index contributed by atoms with van der Waals surface area (Å²) in [6.07, 6.45) is 2.01. The second-order valence-electron chi connectivity index (χ2n) is 5.25. The van der Waals surface area contributed by atoms with E-state index in [4.69, 9.17) is 5.73 Å². The van der Waals surface area contributed by atoms with E-state index in [0.29, 0.717) is 0 Å². The number of nitrogens with zero attached hydrogens (tertiary/aromatic N) is 2. The molecule has 0 aliphatic carbocycles. The van der Waals surface area contributed by atoms with Crippen molar-refractivity contribution >= 4 is 28.0 Å². The number of fused-ring (bicyclic) bond motifs is 1. The predicted molar refractivity (Wildman–Crippen MR) is 88.3 cm³/mol. The molecule has 0 bridgehead atoms. The van der Waals surface area contributed by atoms with Gasteiger partial charge in [-0.05, 0) is 42.5 Å². The van der Waals surface area contributed by atoms with Crippen LogP contribution in [0, 0.1) is 0 Å². The lowest BCUT2D eigenvalue weighted by Crippen LogP contribution is -3.00. The Kier molecular flexibility index (Phi) is 4.73. The fraction of sp³-hybridized carbons (Fsp3) is 0.118. The molecule has 114 valence electrons. The van der Waals surface area contributed by atoms with Gasteiger partial charge in [0.15, 0.2) is 0 Å². The summed E-state index contributed by atoms with van der Waals surface area (Å²) in [7, 11) is 4.09. The number of nitrogens with two attached hydrogens (primary N) is 1. The Hall–Kier alpha value is -2.46. The molecule has 3 rings (SSSR count). The molecule has 0 fully saturated rings. The topological polar surface area (TPSA) is 45.2 Å². The highest BCUT2D eigenvalue weighted by atomic mass is 35.5. The third kappa shape index (κ3) is 3.23. The maximum absolute atomic E-state index is 5.72. The SMILES string of the molecule is CN(C)c1ccc2c(ccc[n+]2Nc2ccc(N)cc2)c1.[Cl-]. The van der Waals surface area contributed by atoms with Gasteiger partial charge in [-0.25, -0.2) is 0 Å². The molecule has 4 nitrogen and oxygen atoms in total. The number of hydrogen-bond acceptors (Lipinski definition) is 3. The van der Waals surface area contributed by atoms with Gasteiger partial charge in [0.25, 0.3) is 0 Å². The second-order valence-corrected chi connectivity index (χ2v) is 5.25. The average Bonchev–Trinajstić information content (AvgIpc) is 2.49. The quantitative estimate of drug-likeness (QED) is 0.513. The van der Waals surface area contributed by atoms with Crippen molar-refractivity contribution in [3.05, 3.63) is 60.8 Å². The minimum atomic E-state index is 0. The number of anilines is 3. The summed E-state index contributed by atoms with van der Waals surface area (Å²) in [5.41, 5.74) is 13.2. The van der Waals surface area contributed by atoms with E-state index >= 15 is 0 Å². The first-order valence-electron chi connectivity index (χ1n) is 6.88. The number of pyridine rings is 1. The number of nitrogens with one attached hydrogen (secondary N) is 1. The molecular formula is C17H19ClN4. The smallest absolute Gasteiger partial charge is 0.242 e. The Morgan fingerprint density at radius 3 is 2.41 bits per heavy atom. The van der Waals surface area contributed by atoms with E-state index in [1.54, 1.807) is 0 Å². The standard InChI is InChI=1S/C17H19N4.ClH/c1-20(2)16-9-10-17-13(12-16)4-3-11-21(17)19-15-7-5-14(18)6-8-15;/h3-12,19H,18H2,1-2H3;1H/q+1;/p-1. The van der Waals surface area contributed by atoms with E-state index < -0.39 is 0 Å². The highest BCUT2D eigenvalue weighted by Crippen LogP contribution is 2.18.